The Hall–Kier alpha value is -0.0800. The van der Waals surface area contributed by atoms with Crippen LogP contribution >= 0.6 is 0 Å². The lowest BCUT2D eigenvalue weighted by Gasteiger charge is -2.41. The quantitative estimate of drug-likeness (QED) is 0.689. The first-order valence-electron chi connectivity index (χ1n) is 6.72. The fourth-order valence-electron chi connectivity index (χ4n) is 3.15. The number of rotatable bonds is 2. The van der Waals surface area contributed by atoms with Crippen LogP contribution in [0.1, 0.15) is 39.0 Å². The fraction of sp³-hybridized carbons (Fsp3) is 1.00. The Balaban J connectivity index is 1.82. The molecule has 2 nitrogen and oxygen atoms in total. The highest BCUT2D eigenvalue weighted by molar-refractivity contribution is 4.82. The Morgan fingerprint density at radius 1 is 1.07 bits per heavy atom. The van der Waals surface area contributed by atoms with Gasteiger partial charge in [-0.2, -0.15) is 0 Å². The lowest BCUT2D eigenvalue weighted by molar-refractivity contribution is 0.0764. The van der Waals surface area contributed by atoms with Crippen LogP contribution in [0.3, 0.4) is 0 Å². The van der Waals surface area contributed by atoms with Gasteiger partial charge in [-0.05, 0) is 25.8 Å². The first-order chi connectivity index (χ1) is 7.29. The number of piperazine rings is 1. The maximum atomic E-state index is 2.75. The Bertz CT molecular complexity index is 185. The van der Waals surface area contributed by atoms with Crippen LogP contribution in [0.2, 0.25) is 0 Å². The topological polar surface area (TPSA) is 6.48 Å². The second-order valence-electron chi connectivity index (χ2n) is 5.43. The summed E-state index contributed by atoms with van der Waals surface area (Å²) in [6.45, 7) is 7.51. The highest BCUT2D eigenvalue weighted by Crippen LogP contribution is 2.29. The second kappa shape index (κ2) is 5.31. The van der Waals surface area contributed by atoms with Crippen molar-refractivity contribution >= 4 is 0 Å². The molecule has 1 heterocycles. The van der Waals surface area contributed by atoms with Gasteiger partial charge in [0.25, 0.3) is 0 Å². The standard InChI is InChI=1S/C13H26N2/c1-3-12-5-4-6-13(11-12)15-9-7-14(2)8-10-15/h12-13H,3-11H2,1-2H3/t12?,13-/m0/s1. The van der Waals surface area contributed by atoms with E-state index in [1.54, 1.807) is 0 Å². The molecule has 1 saturated carbocycles. The van der Waals surface area contributed by atoms with Crippen LogP contribution < -0.4 is 0 Å². The Morgan fingerprint density at radius 2 is 1.80 bits per heavy atom. The van der Waals surface area contributed by atoms with E-state index in [9.17, 15) is 0 Å². The van der Waals surface area contributed by atoms with Crippen molar-refractivity contribution in [1.29, 1.82) is 0 Å². The summed E-state index contributed by atoms with van der Waals surface area (Å²) in [6, 6.07) is 0.914. The van der Waals surface area contributed by atoms with E-state index in [1.165, 1.54) is 58.3 Å². The van der Waals surface area contributed by atoms with E-state index in [1.807, 2.05) is 0 Å². The minimum absolute atomic E-state index is 0.914. The summed E-state index contributed by atoms with van der Waals surface area (Å²) in [5.41, 5.74) is 0. The average Bonchev–Trinajstić information content (AvgIpc) is 2.30. The number of hydrogen-bond acceptors (Lipinski definition) is 2. The van der Waals surface area contributed by atoms with E-state index in [-0.39, 0.29) is 0 Å². The molecule has 1 unspecified atom stereocenters. The largest absolute Gasteiger partial charge is 0.304 e. The van der Waals surface area contributed by atoms with Crippen molar-refractivity contribution in [3.05, 3.63) is 0 Å². The molecule has 0 aromatic rings. The third-order valence-electron chi connectivity index (χ3n) is 4.39. The van der Waals surface area contributed by atoms with Gasteiger partial charge in [0.2, 0.25) is 0 Å². The van der Waals surface area contributed by atoms with Gasteiger partial charge in [-0.15, -0.1) is 0 Å². The Morgan fingerprint density at radius 3 is 2.47 bits per heavy atom. The van der Waals surface area contributed by atoms with Crippen molar-refractivity contribution in [1.82, 2.24) is 9.80 Å². The van der Waals surface area contributed by atoms with Crippen molar-refractivity contribution in [3.63, 3.8) is 0 Å². The summed E-state index contributed by atoms with van der Waals surface area (Å²) in [7, 11) is 2.24. The highest BCUT2D eigenvalue weighted by atomic mass is 15.3. The molecule has 15 heavy (non-hydrogen) atoms. The van der Waals surface area contributed by atoms with Gasteiger partial charge >= 0.3 is 0 Å². The van der Waals surface area contributed by atoms with Crippen LogP contribution in [-0.2, 0) is 0 Å². The highest BCUT2D eigenvalue weighted by Gasteiger charge is 2.27. The van der Waals surface area contributed by atoms with Crippen molar-refractivity contribution in [2.24, 2.45) is 5.92 Å². The molecule has 0 spiro atoms. The van der Waals surface area contributed by atoms with Crippen LogP contribution in [0.15, 0.2) is 0 Å². The lowest BCUT2D eigenvalue weighted by atomic mass is 9.83. The molecular weight excluding hydrogens is 184 g/mol. The third-order valence-corrected chi connectivity index (χ3v) is 4.39. The molecule has 2 aliphatic rings. The van der Waals surface area contributed by atoms with Crippen LogP contribution in [0.5, 0.6) is 0 Å². The van der Waals surface area contributed by atoms with Crippen molar-refractivity contribution in [2.45, 2.75) is 45.1 Å². The van der Waals surface area contributed by atoms with Gasteiger partial charge in [-0.25, -0.2) is 0 Å². The molecule has 1 saturated heterocycles. The van der Waals surface area contributed by atoms with E-state index in [0.717, 1.165) is 12.0 Å². The number of nitrogens with zero attached hydrogens (tertiary/aromatic N) is 2. The molecule has 2 rings (SSSR count). The van der Waals surface area contributed by atoms with Crippen LogP contribution in [-0.4, -0.2) is 49.1 Å². The summed E-state index contributed by atoms with van der Waals surface area (Å²) in [4.78, 5) is 5.21. The summed E-state index contributed by atoms with van der Waals surface area (Å²) in [5, 5.41) is 0. The van der Waals surface area contributed by atoms with Crippen molar-refractivity contribution in [3.8, 4) is 0 Å². The zero-order chi connectivity index (χ0) is 10.7. The summed E-state index contributed by atoms with van der Waals surface area (Å²) >= 11 is 0. The van der Waals surface area contributed by atoms with E-state index >= 15 is 0 Å². The third kappa shape index (κ3) is 2.94. The summed E-state index contributed by atoms with van der Waals surface area (Å²) < 4.78 is 0. The van der Waals surface area contributed by atoms with Crippen LogP contribution in [0, 0.1) is 5.92 Å². The number of hydrogen-bond donors (Lipinski definition) is 0. The van der Waals surface area contributed by atoms with Gasteiger partial charge < -0.3 is 4.90 Å². The molecule has 0 radical (unpaired) electrons. The molecule has 0 aromatic heterocycles. The zero-order valence-electron chi connectivity index (χ0n) is 10.4. The minimum Gasteiger partial charge on any atom is -0.304 e. The monoisotopic (exact) mass is 210 g/mol. The molecule has 2 heteroatoms. The van der Waals surface area contributed by atoms with Crippen molar-refractivity contribution < 1.29 is 0 Å². The van der Waals surface area contributed by atoms with E-state index in [0.29, 0.717) is 0 Å². The second-order valence-corrected chi connectivity index (χ2v) is 5.43. The molecule has 0 amide bonds. The summed E-state index contributed by atoms with van der Waals surface area (Å²) in [5.74, 6) is 1.02. The molecule has 0 N–H and O–H groups in total. The van der Waals surface area contributed by atoms with Crippen LogP contribution in [0.4, 0.5) is 0 Å². The molecule has 88 valence electrons. The predicted octanol–water partition coefficient (Wildman–Crippen LogP) is 2.20. The normalized spacial score (nSPS) is 35.6. The van der Waals surface area contributed by atoms with Gasteiger partial charge in [0, 0.05) is 32.2 Å². The van der Waals surface area contributed by atoms with Gasteiger partial charge in [0.1, 0.15) is 0 Å². The SMILES string of the molecule is CCC1CCC[C@H](N2CCN(C)CC2)C1. The maximum absolute atomic E-state index is 2.75. The first-order valence-corrected chi connectivity index (χ1v) is 6.72. The van der Waals surface area contributed by atoms with Crippen molar-refractivity contribution in [2.75, 3.05) is 33.2 Å². The molecular formula is C13H26N2. The molecule has 1 aliphatic carbocycles. The summed E-state index contributed by atoms with van der Waals surface area (Å²) in [6.07, 6.45) is 7.28. The Labute approximate surface area is 94.6 Å². The van der Waals surface area contributed by atoms with Gasteiger partial charge in [0.05, 0.1) is 0 Å². The average molecular weight is 210 g/mol. The molecule has 1 aliphatic heterocycles. The number of likely N-dealkylation sites (N-methyl/N-ethyl adjacent to an activating group) is 1. The minimum atomic E-state index is 0.914. The van der Waals surface area contributed by atoms with Gasteiger partial charge in [-0.1, -0.05) is 26.2 Å². The van der Waals surface area contributed by atoms with Gasteiger partial charge in [0.15, 0.2) is 0 Å². The molecule has 2 atom stereocenters. The first kappa shape index (κ1) is 11.4. The molecule has 2 fully saturated rings. The predicted molar refractivity (Wildman–Crippen MR) is 65.1 cm³/mol. The maximum Gasteiger partial charge on any atom is 0.0113 e. The van der Waals surface area contributed by atoms with Gasteiger partial charge in [-0.3, -0.25) is 4.90 Å². The lowest BCUT2D eigenvalue weighted by Crippen LogP contribution is -2.50. The molecule has 0 aromatic carbocycles. The fourth-order valence-corrected chi connectivity index (χ4v) is 3.15. The Kier molecular flexibility index (Phi) is 4.04. The van der Waals surface area contributed by atoms with E-state index in [2.05, 4.69) is 23.8 Å². The molecule has 0 bridgehead atoms. The zero-order valence-corrected chi connectivity index (χ0v) is 10.4. The van der Waals surface area contributed by atoms with E-state index in [4.69, 9.17) is 0 Å². The van der Waals surface area contributed by atoms with Crippen LogP contribution in [0.25, 0.3) is 0 Å². The smallest absolute Gasteiger partial charge is 0.0113 e. The van der Waals surface area contributed by atoms with E-state index < -0.39 is 0 Å².